The van der Waals surface area contributed by atoms with E-state index >= 15 is 0 Å². The number of thiazole rings is 1. The fraction of sp³-hybridized carbons (Fsp3) is 0.143. The van der Waals surface area contributed by atoms with Crippen LogP contribution in [0.1, 0.15) is 11.3 Å². The summed E-state index contributed by atoms with van der Waals surface area (Å²) in [6.45, 7) is 0.155. The van der Waals surface area contributed by atoms with Gasteiger partial charge in [0.2, 0.25) is 5.71 Å². The molecule has 0 fully saturated rings. The number of ether oxygens (including phenoxy) is 1. The number of rotatable bonds is 7. The zero-order valence-corrected chi connectivity index (χ0v) is 13.3. The summed E-state index contributed by atoms with van der Waals surface area (Å²) in [7, 11) is 0. The van der Waals surface area contributed by atoms with Crippen LogP contribution in [0.25, 0.3) is 0 Å². The third-order valence-electron chi connectivity index (χ3n) is 2.53. The number of carbonyl (C=O) groups excluding carboxylic acids is 2. The van der Waals surface area contributed by atoms with Gasteiger partial charge in [0.15, 0.2) is 0 Å². The quantitative estimate of drug-likeness (QED) is 0.353. The molecule has 0 saturated heterocycles. The van der Waals surface area contributed by atoms with Gasteiger partial charge in [0.1, 0.15) is 12.3 Å². The summed E-state index contributed by atoms with van der Waals surface area (Å²) in [6.07, 6.45) is 0. The minimum absolute atomic E-state index is 0.155. The fourth-order valence-electron chi connectivity index (χ4n) is 1.47. The lowest BCUT2D eigenvalue weighted by atomic mass is 10.2. The van der Waals surface area contributed by atoms with Crippen molar-refractivity contribution in [1.82, 2.24) is 4.98 Å². The first-order chi connectivity index (χ1) is 11.1. The minimum Gasteiger partial charge on any atom is -0.431 e. The van der Waals surface area contributed by atoms with Crippen LogP contribution in [0, 0.1) is 0 Å². The predicted octanol–water partition coefficient (Wildman–Crippen LogP) is 1.66. The molecule has 2 rings (SSSR count). The Hall–Kier alpha value is -2.45. The summed E-state index contributed by atoms with van der Waals surface area (Å²) in [5.74, 6) is -1.94. The lowest BCUT2D eigenvalue weighted by molar-refractivity contribution is -0.143. The SMILES string of the molecule is NC(=O)C(Cl)OC(=O)/C(=N\OCc1ccccc1)c1cscn1. The Morgan fingerprint density at radius 2 is 2.09 bits per heavy atom. The fourth-order valence-corrected chi connectivity index (χ4v) is 2.09. The van der Waals surface area contributed by atoms with Crippen LogP contribution in [0.15, 0.2) is 46.4 Å². The van der Waals surface area contributed by atoms with Crippen molar-refractivity contribution in [3.63, 3.8) is 0 Å². The standard InChI is InChI=1S/C14H12ClN3O4S/c15-12(13(16)19)22-14(20)11(10-7-23-8-17-10)18-21-6-9-4-2-1-3-5-9/h1-5,7-8,12H,6H2,(H2,16,19)/b18-11-. The Kier molecular flexibility index (Phi) is 6.07. The van der Waals surface area contributed by atoms with Crippen LogP contribution in [0.3, 0.4) is 0 Å². The number of benzene rings is 1. The van der Waals surface area contributed by atoms with Crippen molar-refractivity contribution < 1.29 is 19.2 Å². The molecule has 2 N–H and O–H groups in total. The smallest absolute Gasteiger partial charge is 0.364 e. The highest BCUT2D eigenvalue weighted by Crippen LogP contribution is 2.09. The van der Waals surface area contributed by atoms with Crippen molar-refractivity contribution >= 4 is 40.5 Å². The highest BCUT2D eigenvalue weighted by atomic mass is 35.5. The van der Waals surface area contributed by atoms with Gasteiger partial charge in [0, 0.05) is 5.38 Å². The van der Waals surface area contributed by atoms with E-state index in [1.807, 2.05) is 30.3 Å². The second kappa shape index (κ2) is 8.25. The van der Waals surface area contributed by atoms with Crippen LogP contribution in [0.4, 0.5) is 0 Å². The average molecular weight is 354 g/mol. The molecule has 0 radical (unpaired) electrons. The molecule has 1 atom stereocenters. The summed E-state index contributed by atoms with van der Waals surface area (Å²) in [5.41, 5.74) is 5.79. The molecular weight excluding hydrogens is 342 g/mol. The first kappa shape index (κ1) is 16.9. The van der Waals surface area contributed by atoms with Gasteiger partial charge >= 0.3 is 5.97 Å². The first-order valence-electron chi connectivity index (χ1n) is 6.34. The summed E-state index contributed by atoms with van der Waals surface area (Å²) in [6, 6.07) is 9.26. The summed E-state index contributed by atoms with van der Waals surface area (Å²) in [5, 5.41) is 5.33. The molecule has 2 aromatic rings. The van der Waals surface area contributed by atoms with Gasteiger partial charge in [0.25, 0.3) is 11.5 Å². The predicted molar refractivity (Wildman–Crippen MR) is 84.8 cm³/mol. The molecule has 0 saturated carbocycles. The molecule has 9 heteroatoms. The van der Waals surface area contributed by atoms with Gasteiger partial charge in [-0.25, -0.2) is 9.78 Å². The molecule has 7 nitrogen and oxygen atoms in total. The van der Waals surface area contributed by atoms with Crippen LogP contribution in [-0.4, -0.2) is 28.1 Å². The molecular formula is C14H12ClN3O4S. The largest absolute Gasteiger partial charge is 0.431 e. The van der Waals surface area contributed by atoms with Crippen molar-refractivity contribution in [3.8, 4) is 0 Å². The number of nitrogens with zero attached hydrogens (tertiary/aromatic N) is 2. The number of hydrogen-bond donors (Lipinski definition) is 1. The molecule has 1 aromatic carbocycles. The van der Waals surface area contributed by atoms with Gasteiger partial charge in [-0.3, -0.25) is 4.79 Å². The lowest BCUT2D eigenvalue weighted by Gasteiger charge is -2.08. The van der Waals surface area contributed by atoms with E-state index in [0.717, 1.165) is 5.56 Å². The lowest BCUT2D eigenvalue weighted by Crippen LogP contribution is -2.31. The molecule has 0 aliphatic rings. The summed E-state index contributed by atoms with van der Waals surface area (Å²) >= 11 is 6.78. The zero-order valence-electron chi connectivity index (χ0n) is 11.7. The van der Waals surface area contributed by atoms with E-state index in [-0.39, 0.29) is 18.0 Å². The van der Waals surface area contributed by atoms with E-state index in [1.54, 1.807) is 5.38 Å². The molecule has 1 amide bonds. The maximum absolute atomic E-state index is 12.0. The Labute approximate surface area is 140 Å². The summed E-state index contributed by atoms with van der Waals surface area (Å²) in [4.78, 5) is 32.0. The second-order valence-corrected chi connectivity index (χ2v) is 5.31. The molecule has 0 aliphatic carbocycles. The topological polar surface area (TPSA) is 104 Å². The molecule has 120 valence electrons. The van der Waals surface area contributed by atoms with Crippen LogP contribution in [-0.2, 0) is 25.8 Å². The van der Waals surface area contributed by atoms with Crippen molar-refractivity contribution in [2.75, 3.05) is 0 Å². The maximum atomic E-state index is 12.0. The number of carbonyl (C=O) groups is 2. The van der Waals surface area contributed by atoms with E-state index < -0.39 is 17.4 Å². The molecule has 1 unspecified atom stereocenters. The molecule has 1 heterocycles. The van der Waals surface area contributed by atoms with Gasteiger partial charge in [-0.1, -0.05) is 47.1 Å². The van der Waals surface area contributed by atoms with E-state index in [4.69, 9.17) is 26.9 Å². The average Bonchev–Trinajstić information content (AvgIpc) is 3.06. The Morgan fingerprint density at radius 3 is 2.70 bits per heavy atom. The normalized spacial score (nSPS) is 12.5. The Morgan fingerprint density at radius 1 is 1.35 bits per heavy atom. The molecule has 0 spiro atoms. The Bertz CT molecular complexity index is 691. The van der Waals surface area contributed by atoms with Crippen LogP contribution in [0.5, 0.6) is 0 Å². The van der Waals surface area contributed by atoms with Gasteiger partial charge in [-0.15, -0.1) is 11.3 Å². The van der Waals surface area contributed by atoms with Gasteiger partial charge < -0.3 is 15.3 Å². The van der Waals surface area contributed by atoms with E-state index in [1.165, 1.54) is 16.8 Å². The molecule has 1 aromatic heterocycles. The van der Waals surface area contributed by atoms with Gasteiger partial charge in [-0.05, 0) is 5.56 Å². The van der Waals surface area contributed by atoms with E-state index in [2.05, 4.69) is 10.1 Å². The highest BCUT2D eigenvalue weighted by molar-refractivity contribution is 7.07. The third kappa shape index (κ3) is 5.04. The molecule has 0 bridgehead atoms. The molecule has 0 aliphatic heterocycles. The number of nitrogens with two attached hydrogens (primary N) is 1. The summed E-state index contributed by atoms with van der Waals surface area (Å²) < 4.78 is 4.71. The van der Waals surface area contributed by atoms with Crippen molar-refractivity contribution in [3.05, 3.63) is 52.5 Å². The van der Waals surface area contributed by atoms with Crippen molar-refractivity contribution in [1.29, 1.82) is 0 Å². The van der Waals surface area contributed by atoms with Crippen LogP contribution >= 0.6 is 22.9 Å². The maximum Gasteiger partial charge on any atom is 0.364 e. The van der Waals surface area contributed by atoms with E-state index in [0.29, 0.717) is 0 Å². The number of aromatic nitrogens is 1. The molecule has 23 heavy (non-hydrogen) atoms. The Balaban J connectivity index is 2.09. The van der Waals surface area contributed by atoms with Crippen molar-refractivity contribution in [2.24, 2.45) is 10.9 Å². The van der Waals surface area contributed by atoms with Gasteiger partial charge in [-0.2, -0.15) is 0 Å². The number of oxime groups is 1. The minimum atomic E-state index is -1.60. The number of halogens is 1. The van der Waals surface area contributed by atoms with Crippen LogP contribution in [0.2, 0.25) is 0 Å². The zero-order chi connectivity index (χ0) is 16.7. The van der Waals surface area contributed by atoms with E-state index in [9.17, 15) is 9.59 Å². The van der Waals surface area contributed by atoms with Crippen LogP contribution < -0.4 is 5.73 Å². The number of amides is 1. The first-order valence-corrected chi connectivity index (χ1v) is 7.72. The number of alkyl halides is 1. The number of primary amides is 1. The second-order valence-electron chi connectivity index (χ2n) is 4.20. The third-order valence-corrected chi connectivity index (χ3v) is 3.42. The highest BCUT2D eigenvalue weighted by Gasteiger charge is 2.24. The number of hydrogen-bond acceptors (Lipinski definition) is 7. The monoisotopic (exact) mass is 353 g/mol. The number of esters is 1. The van der Waals surface area contributed by atoms with Gasteiger partial charge in [0.05, 0.1) is 5.51 Å². The van der Waals surface area contributed by atoms with Crippen molar-refractivity contribution in [2.45, 2.75) is 12.2 Å².